The zero-order chi connectivity index (χ0) is 18.9. The van der Waals surface area contributed by atoms with Crippen LogP contribution in [0, 0.1) is 10.5 Å². The number of carbonyl (C=O) groups is 2. The molecule has 2 rings (SSSR count). The van der Waals surface area contributed by atoms with Crippen LogP contribution < -0.4 is 11.3 Å². The van der Waals surface area contributed by atoms with Gasteiger partial charge >= 0.3 is 18.2 Å². The molecule has 2 aromatic rings. The van der Waals surface area contributed by atoms with Gasteiger partial charge in [-0.25, -0.2) is 9.59 Å². The number of aromatic nitrogens is 1. The molecule has 0 aliphatic heterocycles. The normalized spacial score (nSPS) is 11.2. The smallest absolute Gasteiger partial charge is 0.373 e. The van der Waals surface area contributed by atoms with Crippen LogP contribution in [-0.4, -0.2) is 16.6 Å². The van der Waals surface area contributed by atoms with Gasteiger partial charge in [-0.15, -0.1) is 0 Å². The van der Waals surface area contributed by atoms with Crippen molar-refractivity contribution < 1.29 is 27.5 Å². The first-order valence-electron chi connectivity index (χ1n) is 6.63. The van der Waals surface area contributed by atoms with E-state index >= 15 is 0 Å². The molecule has 10 heteroatoms. The molecule has 0 aliphatic carbocycles. The maximum atomic E-state index is 12.9. The lowest BCUT2D eigenvalue weighted by Gasteiger charge is -2.15. The fraction of sp³-hybridized carbons (Fsp3) is 0.133. The first-order valence-corrected chi connectivity index (χ1v) is 7.71. The number of nitrogens with two attached hydrogens (primary N) is 1. The van der Waals surface area contributed by atoms with Gasteiger partial charge in [-0.3, -0.25) is 9.36 Å². The molecule has 1 heterocycles. The van der Waals surface area contributed by atoms with Crippen LogP contribution in [0.2, 0.25) is 0 Å². The molecule has 0 saturated heterocycles. The predicted octanol–water partition coefficient (Wildman–Crippen LogP) is 3.00. The summed E-state index contributed by atoms with van der Waals surface area (Å²) in [5, 5.41) is 0. The summed E-state index contributed by atoms with van der Waals surface area (Å²) in [6.07, 6.45) is -5.99. The molecular weight excluding hydrogens is 456 g/mol. The Morgan fingerprint density at radius 1 is 1.24 bits per heavy atom. The minimum atomic E-state index is -4.59. The topological polar surface area (TPSA) is 91.4 Å². The molecule has 132 valence electrons. The van der Waals surface area contributed by atoms with E-state index in [4.69, 9.17) is 5.73 Å². The average Bonchev–Trinajstić information content (AvgIpc) is 2.50. The molecule has 0 atom stereocenters. The predicted molar refractivity (Wildman–Crippen MR) is 89.5 cm³/mol. The van der Waals surface area contributed by atoms with Crippen LogP contribution in [0.3, 0.4) is 0 Å². The Hall–Kier alpha value is -2.37. The van der Waals surface area contributed by atoms with Crippen LogP contribution >= 0.6 is 22.6 Å². The van der Waals surface area contributed by atoms with Gasteiger partial charge in [0.05, 0.1) is 5.56 Å². The van der Waals surface area contributed by atoms with E-state index in [-0.39, 0.29) is 5.69 Å². The lowest BCUT2D eigenvalue weighted by Crippen LogP contribution is -2.30. The second kappa shape index (κ2) is 6.86. The number of pyridine rings is 1. The van der Waals surface area contributed by atoms with Crippen molar-refractivity contribution in [2.45, 2.75) is 13.1 Å². The number of rotatable bonds is 2. The lowest BCUT2D eigenvalue weighted by atomic mass is 10.1. The molecule has 25 heavy (non-hydrogen) atoms. The first kappa shape index (κ1) is 19.0. The quantitative estimate of drug-likeness (QED) is 0.419. The third kappa shape index (κ3) is 4.00. The van der Waals surface area contributed by atoms with Crippen molar-refractivity contribution >= 4 is 34.7 Å². The summed E-state index contributed by atoms with van der Waals surface area (Å²) >= 11 is 1.81. The number of esters is 1. The molecule has 0 radical (unpaired) electrons. The molecule has 0 unspecified atom stereocenters. The van der Waals surface area contributed by atoms with Crippen LogP contribution in [0.1, 0.15) is 21.6 Å². The Balaban J connectivity index is 2.70. The van der Waals surface area contributed by atoms with Crippen molar-refractivity contribution in [3.05, 3.63) is 61.1 Å². The summed E-state index contributed by atoms with van der Waals surface area (Å²) < 4.78 is 44.2. The van der Waals surface area contributed by atoms with Crippen molar-refractivity contribution in [2.24, 2.45) is 5.73 Å². The van der Waals surface area contributed by atoms with Gasteiger partial charge in [-0.2, -0.15) is 13.2 Å². The Kier molecular flexibility index (Phi) is 5.20. The third-order valence-corrected chi connectivity index (χ3v) is 4.32. The fourth-order valence-corrected chi connectivity index (χ4v) is 2.65. The van der Waals surface area contributed by atoms with Crippen LogP contribution in [-0.2, 0) is 10.9 Å². The van der Waals surface area contributed by atoms with E-state index < -0.39 is 34.9 Å². The van der Waals surface area contributed by atoms with Gasteiger partial charge in [0.25, 0.3) is 5.56 Å². The van der Waals surface area contributed by atoms with Crippen molar-refractivity contribution in [2.75, 3.05) is 0 Å². The molecule has 0 spiro atoms. The summed E-state index contributed by atoms with van der Waals surface area (Å²) in [4.78, 5) is 35.1. The van der Waals surface area contributed by atoms with Crippen molar-refractivity contribution in [3.8, 4) is 5.69 Å². The summed E-state index contributed by atoms with van der Waals surface area (Å²) in [6, 6.07) is 5.26. The number of hydrogen-bond acceptors (Lipinski definition) is 4. The highest BCUT2D eigenvalue weighted by molar-refractivity contribution is 14.1. The first-order chi connectivity index (χ1) is 11.5. The molecule has 0 saturated carbocycles. The Morgan fingerprint density at radius 3 is 2.44 bits per heavy atom. The maximum absolute atomic E-state index is 12.9. The van der Waals surface area contributed by atoms with E-state index in [1.807, 2.05) is 0 Å². The van der Waals surface area contributed by atoms with E-state index in [0.717, 1.165) is 22.8 Å². The monoisotopic (exact) mass is 466 g/mol. The van der Waals surface area contributed by atoms with Crippen LogP contribution in [0.15, 0.2) is 35.1 Å². The number of alkyl halides is 3. The number of amides is 1. The third-order valence-electron chi connectivity index (χ3n) is 3.23. The summed E-state index contributed by atoms with van der Waals surface area (Å²) in [6.45, 7) is 1.51. The van der Waals surface area contributed by atoms with Crippen LogP contribution in [0.25, 0.3) is 5.69 Å². The number of nitrogens with zero attached hydrogens (tertiary/aromatic N) is 1. The van der Waals surface area contributed by atoms with Gasteiger partial charge in [0.1, 0.15) is 5.56 Å². The molecule has 0 aliphatic rings. The molecule has 0 bridgehead atoms. The fourth-order valence-electron chi connectivity index (χ4n) is 2.10. The highest BCUT2D eigenvalue weighted by Crippen LogP contribution is 2.30. The number of halogens is 4. The minimum absolute atomic E-state index is 0.0797. The number of benzene rings is 1. The van der Waals surface area contributed by atoms with Crippen LogP contribution in [0.4, 0.5) is 18.0 Å². The van der Waals surface area contributed by atoms with E-state index in [9.17, 15) is 27.6 Å². The second-order valence-electron chi connectivity index (χ2n) is 4.89. The zero-order valence-corrected chi connectivity index (χ0v) is 14.7. The molecular formula is C15H10F3IN2O4. The van der Waals surface area contributed by atoms with E-state index in [1.54, 1.807) is 22.6 Å². The largest absolute Gasteiger partial charge is 0.416 e. The summed E-state index contributed by atoms with van der Waals surface area (Å²) in [7, 11) is 0. The Bertz CT molecular complexity index is 922. The standard InChI is InChI=1S/C15H10F3IN2O4/c1-7-11(19)6-10(13(23)25-14(20)24)12(22)21(7)9-4-2-3-8(5-9)15(16,17)18/h2-6H,1H3,(H2,20,24). The van der Waals surface area contributed by atoms with Gasteiger partial charge in [-0.1, -0.05) is 6.07 Å². The van der Waals surface area contributed by atoms with E-state index in [0.29, 0.717) is 9.26 Å². The molecule has 6 nitrogen and oxygen atoms in total. The van der Waals surface area contributed by atoms with Crippen molar-refractivity contribution in [1.82, 2.24) is 4.57 Å². The SMILES string of the molecule is Cc1c(I)cc(C(=O)OC(N)=O)c(=O)n1-c1cccc(C(F)(F)F)c1. The number of primary amides is 1. The maximum Gasteiger partial charge on any atom is 0.416 e. The van der Waals surface area contributed by atoms with Crippen LogP contribution in [0.5, 0.6) is 0 Å². The van der Waals surface area contributed by atoms with Gasteiger partial charge in [-0.05, 0) is 53.8 Å². The molecule has 0 fully saturated rings. The Labute approximate surface area is 152 Å². The summed E-state index contributed by atoms with van der Waals surface area (Å²) in [5.74, 6) is -1.28. The molecule has 2 N–H and O–H groups in total. The number of hydrogen-bond donors (Lipinski definition) is 1. The van der Waals surface area contributed by atoms with E-state index in [2.05, 4.69) is 4.74 Å². The highest BCUT2D eigenvalue weighted by atomic mass is 127. The molecule has 1 amide bonds. The van der Waals surface area contributed by atoms with Crippen molar-refractivity contribution in [1.29, 1.82) is 0 Å². The van der Waals surface area contributed by atoms with E-state index in [1.165, 1.54) is 19.1 Å². The molecule has 1 aromatic heterocycles. The molecule has 1 aromatic carbocycles. The van der Waals surface area contributed by atoms with Gasteiger partial charge in [0.15, 0.2) is 0 Å². The van der Waals surface area contributed by atoms with Gasteiger partial charge < -0.3 is 10.5 Å². The van der Waals surface area contributed by atoms with Gasteiger partial charge in [0, 0.05) is 15.0 Å². The van der Waals surface area contributed by atoms with Crippen molar-refractivity contribution in [3.63, 3.8) is 0 Å². The average molecular weight is 466 g/mol. The number of ether oxygens (including phenoxy) is 1. The van der Waals surface area contributed by atoms with Gasteiger partial charge in [0.2, 0.25) is 0 Å². The minimum Gasteiger partial charge on any atom is -0.373 e. The highest BCUT2D eigenvalue weighted by Gasteiger charge is 2.31. The second-order valence-corrected chi connectivity index (χ2v) is 6.05. The summed E-state index contributed by atoms with van der Waals surface area (Å²) in [5.41, 5.74) is 2.59. The number of carbonyl (C=O) groups excluding carboxylic acids is 2. The lowest BCUT2D eigenvalue weighted by molar-refractivity contribution is -0.137. The Morgan fingerprint density at radius 2 is 1.88 bits per heavy atom. The zero-order valence-electron chi connectivity index (χ0n) is 12.6.